The maximum atomic E-state index is 5.71. The molecular weight excluding hydrogens is 417 g/mol. The van der Waals surface area contributed by atoms with E-state index in [0.29, 0.717) is 12.6 Å². The molecule has 1 atom stereocenters. The summed E-state index contributed by atoms with van der Waals surface area (Å²) in [6.45, 7) is 5.52. The third-order valence-corrected chi connectivity index (χ3v) is 4.26. The van der Waals surface area contributed by atoms with Crippen molar-refractivity contribution in [3.8, 4) is 0 Å². The number of rotatable bonds is 6. The molecule has 1 unspecified atom stereocenters. The number of benzene rings is 1. The second-order valence-corrected chi connectivity index (χ2v) is 5.70. The maximum Gasteiger partial charge on any atom is 0.193 e. The molecule has 24 heavy (non-hydrogen) atoms. The SMILES string of the molecule is CCOC1CCN(C(=NC)NCC(OC)c2ccccc2)CC1.I. The standard InChI is InChI=1S/C18H29N3O2.HI/c1-4-23-16-10-12-21(13-11-16)18(19-2)20-14-17(22-3)15-8-6-5-7-9-15;/h5-9,16-17H,4,10-14H2,1-3H3,(H,19,20);1H. The van der Waals surface area contributed by atoms with Crippen LogP contribution in [-0.2, 0) is 9.47 Å². The molecular formula is C18H30IN3O2. The Kier molecular flexibility index (Phi) is 10.3. The van der Waals surface area contributed by atoms with E-state index in [0.717, 1.165) is 38.5 Å². The average molecular weight is 447 g/mol. The minimum atomic E-state index is 0. The fourth-order valence-corrected chi connectivity index (χ4v) is 2.99. The first-order chi connectivity index (χ1) is 11.3. The number of ether oxygens (including phenoxy) is 2. The number of piperidine rings is 1. The summed E-state index contributed by atoms with van der Waals surface area (Å²) < 4.78 is 11.3. The Morgan fingerprint density at radius 2 is 1.96 bits per heavy atom. The highest BCUT2D eigenvalue weighted by molar-refractivity contribution is 14.0. The molecule has 2 rings (SSSR count). The van der Waals surface area contributed by atoms with Crippen LogP contribution >= 0.6 is 24.0 Å². The van der Waals surface area contributed by atoms with Gasteiger partial charge < -0.3 is 19.7 Å². The number of aliphatic imine (C=N–C) groups is 1. The smallest absolute Gasteiger partial charge is 0.193 e. The number of nitrogens with zero attached hydrogens (tertiary/aromatic N) is 2. The maximum absolute atomic E-state index is 5.71. The molecule has 1 saturated heterocycles. The van der Waals surface area contributed by atoms with Gasteiger partial charge in [0, 0.05) is 40.4 Å². The molecule has 0 spiro atoms. The molecule has 5 nitrogen and oxygen atoms in total. The van der Waals surface area contributed by atoms with Crippen molar-refractivity contribution < 1.29 is 9.47 Å². The summed E-state index contributed by atoms with van der Waals surface area (Å²) in [4.78, 5) is 6.72. The molecule has 6 heteroatoms. The zero-order chi connectivity index (χ0) is 16.5. The Morgan fingerprint density at radius 3 is 2.50 bits per heavy atom. The predicted octanol–water partition coefficient (Wildman–Crippen LogP) is 3.07. The van der Waals surface area contributed by atoms with Crippen molar-refractivity contribution in [1.82, 2.24) is 10.2 Å². The van der Waals surface area contributed by atoms with E-state index in [4.69, 9.17) is 9.47 Å². The Labute approximate surface area is 162 Å². The zero-order valence-corrected chi connectivity index (χ0v) is 17.2. The van der Waals surface area contributed by atoms with Gasteiger partial charge in [0.15, 0.2) is 5.96 Å². The van der Waals surface area contributed by atoms with Crippen molar-refractivity contribution in [2.24, 2.45) is 4.99 Å². The van der Waals surface area contributed by atoms with Gasteiger partial charge in [0.25, 0.3) is 0 Å². The van der Waals surface area contributed by atoms with E-state index in [1.807, 2.05) is 25.2 Å². The van der Waals surface area contributed by atoms with Gasteiger partial charge in [0.05, 0.1) is 12.2 Å². The van der Waals surface area contributed by atoms with Gasteiger partial charge in [-0.3, -0.25) is 4.99 Å². The van der Waals surface area contributed by atoms with Crippen molar-refractivity contribution >= 4 is 29.9 Å². The van der Waals surface area contributed by atoms with Gasteiger partial charge in [0.1, 0.15) is 0 Å². The Balaban J connectivity index is 0.00000288. The van der Waals surface area contributed by atoms with E-state index in [1.54, 1.807) is 7.11 Å². The first-order valence-corrected chi connectivity index (χ1v) is 8.43. The van der Waals surface area contributed by atoms with E-state index in [1.165, 1.54) is 5.56 Å². The van der Waals surface area contributed by atoms with Crippen LogP contribution in [0.2, 0.25) is 0 Å². The molecule has 1 aromatic rings. The average Bonchev–Trinajstić information content (AvgIpc) is 2.61. The van der Waals surface area contributed by atoms with Crippen LogP contribution in [0.25, 0.3) is 0 Å². The van der Waals surface area contributed by atoms with Gasteiger partial charge in [-0.15, -0.1) is 24.0 Å². The molecule has 0 bridgehead atoms. The Bertz CT molecular complexity index is 476. The monoisotopic (exact) mass is 447 g/mol. The number of halogens is 1. The minimum Gasteiger partial charge on any atom is -0.378 e. The van der Waals surface area contributed by atoms with Crippen LogP contribution in [0, 0.1) is 0 Å². The fraction of sp³-hybridized carbons (Fsp3) is 0.611. The van der Waals surface area contributed by atoms with Gasteiger partial charge in [-0.2, -0.15) is 0 Å². The molecule has 0 radical (unpaired) electrons. The quantitative estimate of drug-likeness (QED) is 0.414. The highest BCUT2D eigenvalue weighted by Gasteiger charge is 2.22. The van der Waals surface area contributed by atoms with E-state index in [9.17, 15) is 0 Å². The van der Waals surface area contributed by atoms with Gasteiger partial charge >= 0.3 is 0 Å². The van der Waals surface area contributed by atoms with Crippen LogP contribution in [0.4, 0.5) is 0 Å². The first kappa shape index (κ1) is 21.2. The summed E-state index contributed by atoms with van der Waals surface area (Å²) >= 11 is 0. The van der Waals surface area contributed by atoms with Gasteiger partial charge in [-0.1, -0.05) is 30.3 Å². The van der Waals surface area contributed by atoms with Crippen LogP contribution in [0.15, 0.2) is 35.3 Å². The summed E-state index contributed by atoms with van der Waals surface area (Å²) in [5.41, 5.74) is 1.17. The lowest BCUT2D eigenvalue weighted by molar-refractivity contribution is 0.0261. The molecule has 1 N–H and O–H groups in total. The van der Waals surface area contributed by atoms with Gasteiger partial charge in [-0.05, 0) is 25.3 Å². The lowest BCUT2D eigenvalue weighted by Crippen LogP contribution is -2.47. The van der Waals surface area contributed by atoms with Crippen LogP contribution in [0.3, 0.4) is 0 Å². The van der Waals surface area contributed by atoms with Crippen molar-refractivity contribution in [2.75, 3.05) is 40.4 Å². The third kappa shape index (κ3) is 6.22. The van der Waals surface area contributed by atoms with Crippen molar-refractivity contribution in [2.45, 2.75) is 32.0 Å². The Morgan fingerprint density at radius 1 is 1.29 bits per heavy atom. The normalized spacial score (nSPS) is 17.3. The molecule has 1 aromatic carbocycles. The van der Waals surface area contributed by atoms with Crippen molar-refractivity contribution in [3.63, 3.8) is 0 Å². The highest BCUT2D eigenvalue weighted by atomic mass is 127. The molecule has 1 fully saturated rings. The molecule has 0 aromatic heterocycles. The van der Waals surface area contributed by atoms with Gasteiger partial charge in [0.2, 0.25) is 0 Å². The molecule has 0 saturated carbocycles. The predicted molar refractivity (Wildman–Crippen MR) is 109 cm³/mol. The third-order valence-electron chi connectivity index (χ3n) is 4.26. The van der Waals surface area contributed by atoms with E-state index in [-0.39, 0.29) is 30.1 Å². The fourth-order valence-electron chi connectivity index (χ4n) is 2.99. The summed E-state index contributed by atoms with van der Waals surface area (Å²) in [7, 11) is 3.58. The molecule has 1 heterocycles. The number of guanidine groups is 1. The topological polar surface area (TPSA) is 46.1 Å². The number of hydrogen-bond donors (Lipinski definition) is 1. The van der Waals surface area contributed by atoms with Crippen LogP contribution in [0.5, 0.6) is 0 Å². The summed E-state index contributed by atoms with van der Waals surface area (Å²) in [6, 6.07) is 10.3. The van der Waals surface area contributed by atoms with E-state index < -0.39 is 0 Å². The summed E-state index contributed by atoms with van der Waals surface area (Å²) in [5.74, 6) is 0.943. The largest absolute Gasteiger partial charge is 0.378 e. The van der Waals surface area contributed by atoms with Crippen LogP contribution < -0.4 is 5.32 Å². The van der Waals surface area contributed by atoms with E-state index >= 15 is 0 Å². The Hall–Kier alpha value is -0.860. The summed E-state index contributed by atoms with van der Waals surface area (Å²) in [5, 5.41) is 3.45. The molecule has 0 aliphatic carbocycles. The number of likely N-dealkylation sites (tertiary alicyclic amines) is 1. The first-order valence-electron chi connectivity index (χ1n) is 8.43. The zero-order valence-electron chi connectivity index (χ0n) is 14.9. The highest BCUT2D eigenvalue weighted by Crippen LogP contribution is 2.16. The second kappa shape index (κ2) is 11.7. The lowest BCUT2D eigenvalue weighted by atomic mass is 10.1. The van der Waals surface area contributed by atoms with Crippen molar-refractivity contribution in [1.29, 1.82) is 0 Å². The van der Waals surface area contributed by atoms with Gasteiger partial charge in [-0.25, -0.2) is 0 Å². The second-order valence-electron chi connectivity index (χ2n) is 5.70. The lowest BCUT2D eigenvalue weighted by Gasteiger charge is -2.34. The molecule has 1 aliphatic rings. The molecule has 0 amide bonds. The molecule has 136 valence electrons. The molecule has 1 aliphatic heterocycles. The van der Waals surface area contributed by atoms with Crippen molar-refractivity contribution in [3.05, 3.63) is 35.9 Å². The van der Waals surface area contributed by atoms with Crippen LogP contribution in [-0.4, -0.2) is 57.4 Å². The minimum absolute atomic E-state index is 0. The number of hydrogen-bond acceptors (Lipinski definition) is 3. The van der Waals surface area contributed by atoms with E-state index in [2.05, 4.69) is 34.3 Å². The number of methoxy groups -OCH3 is 1. The van der Waals surface area contributed by atoms with Crippen LogP contribution in [0.1, 0.15) is 31.4 Å². The number of nitrogens with one attached hydrogen (secondary N) is 1. The summed E-state index contributed by atoms with van der Waals surface area (Å²) in [6.07, 6.45) is 2.53.